The first kappa shape index (κ1) is 28.6. The molecule has 1 aromatic heterocycles. The number of ether oxygens (including phenoxy) is 4. The van der Waals surface area contributed by atoms with Crippen LogP contribution in [0.1, 0.15) is 34.7 Å². The van der Waals surface area contributed by atoms with E-state index in [-0.39, 0.29) is 31.5 Å². The van der Waals surface area contributed by atoms with Gasteiger partial charge in [-0.25, -0.2) is 4.79 Å². The summed E-state index contributed by atoms with van der Waals surface area (Å²) in [6, 6.07) is 12.1. The molecular formula is C29H36N4O7. The molecule has 1 atom stereocenters. The van der Waals surface area contributed by atoms with Gasteiger partial charge in [0.2, 0.25) is 5.75 Å². The average Bonchev–Trinajstić information content (AvgIpc) is 3.43. The summed E-state index contributed by atoms with van der Waals surface area (Å²) >= 11 is 0. The minimum atomic E-state index is -0.576. The van der Waals surface area contributed by atoms with Gasteiger partial charge in [-0.15, -0.1) is 0 Å². The normalized spacial score (nSPS) is 15.1. The number of nitrogens with zero attached hydrogens (tertiary/aromatic N) is 3. The van der Waals surface area contributed by atoms with Gasteiger partial charge in [0.05, 0.1) is 27.4 Å². The highest BCUT2D eigenvalue weighted by molar-refractivity contribution is 5.99. The van der Waals surface area contributed by atoms with Gasteiger partial charge in [0, 0.05) is 49.2 Å². The Morgan fingerprint density at radius 1 is 0.925 bits per heavy atom. The van der Waals surface area contributed by atoms with Crippen molar-refractivity contribution >= 4 is 28.8 Å². The number of carbonyl (C=O) groups is 3. The number of carbonyl (C=O) groups excluding carboxylic acids is 3. The number of rotatable bonds is 9. The van der Waals surface area contributed by atoms with Crippen molar-refractivity contribution in [2.75, 3.05) is 60.7 Å². The smallest absolute Gasteiger partial charge is 0.409 e. The van der Waals surface area contributed by atoms with Crippen LogP contribution >= 0.6 is 0 Å². The molecule has 1 aliphatic rings. The molecule has 3 aromatic rings. The molecule has 4 rings (SSSR count). The lowest BCUT2D eigenvalue weighted by molar-refractivity contribution is 0.0182. The van der Waals surface area contributed by atoms with Crippen molar-refractivity contribution in [1.82, 2.24) is 19.7 Å². The number of aromatic nitrogens is 1. The molecule has 2 aromatic carbocycles. The molecule has 0 aliphatic carbocycles. The predicted octanol–water partition coefficient (Wildman–Crippen LogP) is 3.64. The van der Waals surface area contributed by atoms with Crippen LogP contribution in [0.3, 0.4) is 0 Å². The van der Waals surface area contributed by atoms with E-state index in [9.17, 15) is 14.4 Å². The third-order valence-corrected chi connectivity index (χ3v) is 7.12. The van der Waals surface area contributed by atoms with Gasteiger partial charge in [0.25, 0.3) is 11.8 Å². The fourth-order valence-electron chi connectivity index (χ4n) is 4.92. The molecule has 0 radical (unpaired) electrons. The van der Waals surface area contributed by atoms with Gasteiger partial charge in [-0.3, -0.25) is 9.59 Å². The van der Waals surface area contributed by atoms with E-state index in [1.54, 1.807) is 26.8 Å². The lowest BCUT2D eigenvalue weighted by Gasteiger charge is -2.41. The molecule has 11 nitrogen and oxygen atoms in total. The number of para-hydroxylation sites is 1. The molecule has 2 heterocycles. The van der Waals surface area contributed by atoms with E-state index in [0.717, 1.165) is 10.9 Å². The molecule has 214 valence electrons. The second-order valence-corrected chi connectivity index (χ2v) is 9.34. The summed E-state index contributed by atoms with van der Waals surface area (Å²) in [5.74, 6) is 0.585. The first-order valence-electron chi connectivity index (χ1n) is 13.2. The second kappa shape index (κ2) is 12.6. The molecule has 0 saturated carbocycles. The maximum Gasteiger partial charge on any atom is 0.409 e. The fraction of sp³-hybridized carbons (Fsp3) is 0.414. The van der Waals surface area contributed by atoms with E-state index in [2.05, 4.69) is 4.98 Å². The Morgan fingerprint density at radius 2 is 1.60 bits per heavy atom. The number of H-pyrrole nitrogens is 1. The zero-order valence-corrected chi connectivity index (χ0v) is 23.6. The van der Waals surface area contributed by atoms with Gasteiger partial charge in [0.1, 0.15) is 12.3 Å². The summed E-state index contributed by atoms with van der Waals surface area (Å²) in [7, 11) is 4.45. The lowest BCUT2D eigenvalue weighted by Crippen LogP contribution is -2.58. The molecule has 0 bridgehead atoms. The quantitative estimate of drug-likeness (QED) is 0.431. The number of methoxy groups -OCH3 is 3. The Labute approximate surface area is 233 Å². The summed E-state index contributed by atoms with van der Waals surface area (Å²) in [6.45, 7) is 5.41. The lowest BCUT2D eigenvalue weighted by atomic mass is 10.1. The van der Waals surface area contributed by atoms with E-state index in [4.69, 9.17) is 18.9 Å². The molecule has 0 spiro atoms. The molecule has 1 saturated heterocycles. The standard InChI is InChI=1S/C29H36N4O7/c1-6-31(7-2)29(36)40-18-21-17-32(28(35)23-14-19-10-8-9-11-22(19)30-23)12-13-33(21)27(34)20-15-24(37-3)26(39-5)25(16-20)38-4/h8-11,14-16,21,30H,6-7,12-13,17-18H2,1-5H3. The molecule has 40 heavy (non-hydrogen) atoms. The number of amides is 3. The number of benzene rings is 2. The Bertz CT molecular complexity index is 1310. The molecule has 1 fully saturated rings. The molecule has 11 heteroatoms. The SMILES string of the molecule is CCN(CC)C(=O)OCC1CN(C(=O)c2cc3ccccc3[nH]2)CCN1C(=O)c1cc(OC)c(OC)c(OC)c1. The van der Waals surface area contributed by atoms with E-state index in [1.165, 1.54) is 21.3 Å². The number of aromatic amines is 1. The minimum Gasteiger partial charge on any atom is -0.493 e. The van der Waals surface area contributed by atoms with Crippen LogP contribution in [-0.4, -0.2) is 104 Å². The van der Waals surface area contributed by atoms with Crippen LogP contribution in [0.5, 0.6) is 17.2 Å². The highest BCUT2D eigenvalue weighted by Gasteiger charge is 2.35. The molecule has 1 aliphatic heterocycles. The van der Waals surface area contributed by atoms with Crippen LogP contribution in [0.25, 0.3) is 10.9 Å². The van der Waals surface area contributed by atoms with Crippen LogP contribution < -0.4 is 14.2 Å². The number of hydrogen-bond donors (Lipinski definition) is 1. The fourth-order valence-corrected chi connectivity index (χ4v) is 4.92. The van der Waals surface area contributed by atoms with E-state index in [0.29, 0.717) is 48.1 Å². The summed E-state index contributed by atoms with van der Waals surface area (Å²) in [4.78, 5) is 48.0. The number of nitrogens with one attached hydrogen (secondary N) is 1. The van der Waals surface area contributed by atoms with Gasteiger partial charge in [-0.1, -0.05) is 18.2 Å². The van der Waals surface area contributed by atoms with Crippen molar-refractivity contribution in [2.45, 2.75) is 19.9 Å². The van der Waals surface area contributed by atoms with Gasteiger partial charge >= 0.3 is 6.09 Å². The highest BCUT2D eigenvalue weighted by atomic mass is 16.6. The van der Waals surface area contributed by atoms with Gasteiger partial charge < -0.3 is 38.6 Å². The largest absolute Gasteiger partial charge is 0.493 e. The number of hydrogen-bond acceptors (Lipinski definition) is 7. The van der Waals surface area contributed by atoms with Crippen LogP contribution in [0.15, 0.2) is 42.5 Å². The summed E-state index contributed by atoms with van der Waals surface area (Å²) < 4.78 is 21.9. The maximum absolute atomic E-state index is 13.8. The molecule has 1 N–H and O–H groups in total. The van der Waals surface area contributed by atoms with E-state index in [1.807, 2.05) is 44.2 Å². The van der Waals surface area contributed by atoms with Crippen molar-refractivity contribution in [3.05, 3.63) is 53.7 Å². The van der Waals surface area contributed by atoms with Crippen molar-refractivity contribution in [1.29, 1.82) is 0 Å². The average molecular weight is 553 g/mol. The van der Waals surface area contributed by atoms with Crippen LogP contribution in [0, 0.1) is 0 Å². The van der Waals surface area contributed by atoms with Gasteiger partial charge in [-0.05, 0) is 38.1 Å². The maximum atomic E-state index is 13.8. The molecular weight excluding hydrogens is 516 g/mol. The molecule has 1 unspecified atom stereocenters. The second-order valence-electron chi connectivity index (χ2n) is 9.34. The third-order valence-electron chi connectivity index (χ3n) is 7.12. The summed E-state index contributed by atoms with van der Waals surface area (Å²) in [6.07, 6.45) is -0.468. The van der Waals surface area contributed by atoms with Gasteiger partial charge in [-0.2, -0.15) is 0 Å². The third kappa shape index (κ3) is 5.78. The first-order valence-corrected chi connectivity index (χ1v) is 13.2. The van der Waals surface area contributed by atoms with E-state index >= 15 is 0 Å². The Morgan fingerprint density at radius 3 is 2.20 bits per heavy atom. The minimum absolute atomic E-state index is 0.0675. The van der Waals surface area contributed by atoms with E-state index < -0.39 is 12.1 Å². The van der Waals surface area contributed by atoms with Crippen molar-refractivity contribution < 1.29 is 33.3 Å². The monoisotopic (exact) mass is 552 g/mol. The topological polar surface area (TPSA) is 114 Å². The molecule has 3 amide bonds. The summed E-state index contributed by atoms with van der Waals surface area (Å²) in [5, 5.41) is 0.937. The first-order chi connectivity index (χ1) is 19.3. The zero-order valence-electron chi connectivity index (χ0n) is 23.6. The van der Waals surface area contributed by atoms with Crippen molar-refractivity contribution in [3.8, 4) is 17.2 Å². The Hall–Kier alpha value is -4.41. The number of fused-ring (bicyclic) bond motifs is 1. The van der Waals surface area contributed by atoms with Crippen LogP contribution in [0.2, 0.25) is 0 Å². The van der Waals surface area contributed by atoms with Crippen molar-refractivity contribution in [3.63, 3.8) is 0 Å². The highest BCUT2D eigenvalue weighted by Crippen LogP contribution is 2.38. The Kier molecular flexibility index (Phi) is 9.03. The van der Waals surface area contributed by atoms with Crippen molar-refractivity contribution in [2.24, 2.45) is 0 Å². The zero-order chi connectivity index (χ0) is 28.8. The van der Waals surface area contributed by atoms with Crippen LogP contribution in [-0.2, 0) is 4.74 Å². The summed E-state index contributed by atoms with van der Waals surface area (Å²) in [5.41, 5.74) is 1.65. The van der Waals surface area contributed by atoms with Crippen LogP contribution in [0.4, 0.5) is 4.79 Å². The van der Waals surface area contributed by atoms with Gasteiger partial charge in [0.15, 0.2) is 11.5 Å². The predicted molar refractivity (Wildman–Crippen MR) is 149 cm³/mol. The number of piperazine rings is 1. The Balaban J connectivity index is 1.60.